The highest BCUT2D eigenvalue weighted by molar-refractivity contribution is 5.89. The molecule has 1 aliphatic rings. The fourth-order valence-electron chi connectivity index (χ4n) is 2.84. The van der Waals surface area contributed by atoms with Crippen LogP contribution in [0, 0.1) is 11.3 Å². The Morgan fingerprint density at radius 2 is 2.04 bits per heavy atom. The second-order valence-corrected chi connectivity index (χ2v) is 6.13. The highest BCUT2D eigenvalue weighted by atomic mass is 16.5. The maximum atomic E-state index is 12.3. The molecule has 1 aliphatic heterocycles. The van der Waals surface area contributed by atoms with Crippen molar-refractivity contribution < 1.29 is 9.53 Å². The molecule has 2 amide bonds. The van der Waals surface area contributed by atoms with Gasteiger partial charge < -0.3 is 19.9 Å². The summed E-state index contributed by atoms with van der Waals surface area (Å²) in [5, 5.41) is 11.9. The van der Waals surface area contributed by atoms with Crippen LogP contribution in [0.1, 0.15) is 31.2 Å². The number of urea groups is 1. The molecule has 2 rings (SSSR count). The van der Waals surface area contributed by atoms with Crippen LogP contribution in [-0.2, 0) is 0 Å². The van der Waals surface area contributed by atoms with Gasteiger partial charge in [-0.1, -0.05) is 12.8 Å². The monoisotopic (exact) mass is 330 g/mol. The van der Waals surface area contributed by atoms with E-state index in [4.69, 9.17) is 10.00 Å². The fourth-order valence-corrected chi connectivity index (χ4v) is 2.84. The number of likely N-dealkylation sites (N-methyl/N-ethyl adjacent to an activating group) is 1. The minimum Gasteiger partial charge on any atom is -0.495 e. The molecule has 1 aromatic rings. The molecule has 0 aromatic heterocycles. The Kier molecular flexibility index (Phi) is 6.89. The van der Waals surface area contributed by atoms with Crippen molar-refractivity contribution in [2.24, 2.45) is 0 Å². The summed E-state index contributed by atoms with van der Waals surface area (Å²) in [6.45, 7) is 3.84. The Morgan fingerprint density at radius 3 is 2.67 bits per heavy atom. The van der Waals surface area contributed by atoms with E-state index in [1.165, 1.54) is 32.8 Å². The number of ether oxygens (including phenoxy) is 1. The van der Waals surface area contributed by atoms with Crippen LogP contribution >= 0.6 is 0 Å². The van der Waals surface area contributed by atoms with Gasteiger partial charge in [0.15, 0.2) is 0 Å². The van der Waals surface area contributed by atoms with Crippen LogP contribution in [0.15, 0.2) is 18.2 Å². The predicted molar refractivity (Wildman–Crippen MR) is 94.3 cm³/mol. The number of carbonyl (C=O) groups is 1. The summed E-state index contributed by atoms with van der Waals surface area (Å²) in [4.78, 5) is 16.4. The second kappa shape index (κ2) is 9.14. The van der Waals surface area contributed by atoms with Crippen molar-refractivity contribution >= 4 is 11.7 Å². The van der Waals surface area contributed by atoms with Gasteiger partial charge in [-0.25, -0.2) is 4.79 Å². The van der Waals surface area contributed by atoms with Crippen LogP contribution in [0.25, 0.3) is 0 Å². The number of amides is 2. The molecular weight excluding hydrogens is 304 g/mol. The van der Waals surface area contributed by atoms with Gasteiger partial charge in [0.2, 0.25) is 0 Å². The topological polar surface area (TPSA) is 68.6 Å². The number of rotatable bonds is 5. The number of nitrogens with zero attached hydrogens (tertiary/aromatic N) is 3. The van der Waals surface area contributed by atoms with Crippen molar-refractivity contribution in [1.82, 2.24) is 9.80 Å². The van der Waals surface area contributed by atoms with Gasteiger partial charge in [0.25, 0.3) is 0 Å². The third-order valence-corrected chi connectivity index (χ3v) is 4.37. The van der Waals surface area contributed by atoms with Crippen molar-refractivity contribution in [3.8, 4) is 11.8 Å². The molecule has 1 N–H and O–H groups in total. The Labute approximate surface area is 144 Å². The predicted octanol–water partition coefficient (Wildman–Crippen LogP) is 2.91. The van der Waals surface area contributed by atoms with Gasteiger partial charge >= 0.3 is 6.03 Å². The zero-order chi connectivity index (χ0) is 17.4. The van der Waals surface area contributed by atoms with E-state index in [1.807, 2.05) is 0 Å². The summed E-state index contributed by atoms with van der Waals surface area (Å²) in [7, 11) is 3.31. The second-order valence-electron chi connectivity index (χ2n) is 6.13. The molecule has 1 heterocycles. The standard InChI is InChI=1S/C18H26N4O2/c1-21(11-12-22-9-5-3-4-6-10-22)18(23)20-16-7-8-17(24-2)15(13-16)14-19/h7-8,13H,3-6,9-12H2,1-2H3,(H,20,23). The van der Waals surface area contributed by atoms with Crippen molar-refractivity contribution in [2.45, 2.75) is 25.7 Å². The molecule has 0 unspecified atom stereocenters. The van der Waals surface area contributed by atoms with E-state index in [0.29, 0.717) is 23.5 Å². The Balaban J connectivity index is 1.86. The smallest absolute Gasteiger partial charge is 0.321 e. The van der Waals surface area contributed by atoms with Gasteiger partial charge in [-0.05, 0) is 44.1 Å². The van der Waals surface area contributed by atoms with Gasteiger partial charge in [0.1, 0.15) is 11.8 Å². The van der Waals surface area contributed by atoms with Crippen LogP contribution in [0.2, 0.25) is 0 Å². The van der Waals surface area contributed by atoms with Gasteiger partial charge in [0, 0.05) is 25.8 Å². The van der Waals surface area contributed by atoms with Crippen molar-refractivity contribution in [3.63, 3.8) is 0 Å². The molecule has 130 valence electrons. The molecule has 0 aliphatic carbocycles. The van der Waals surface area contributed by atoms with Gasteiger partial charge in [-0.3, -0.25) is 0 Å². The molecule has 1 aromatic carbocycles. The lowest BCUT2D eigenvalue weighted by Gasteiger charge is -2.24. The average Bonchev–Trinajstić information content (AvgIpc) is 2.88. The van der Waals surface area contributed by atoms with E-state index in [-0.39, 0.29) is 6.03 Å². The molecule has 1 saturated heterocycles. The van der Waals surface area contributed by atoms with Crippen molar-refractivity contribution in [1.29, 1.82) is 5.26 Å². The zero-order valence-corrected chi connectivity index (χ0v) is 14.5. The molecule has 0 saturated carbocycles. The highest BCUT2D eigenvalue weighted by Crippen LogP contribution is 2.21. The summed E-state index contributed by atoms with van der Waals surface area (Å²) in [5.74, 6) is 0.505. The third-order valence-electron chi connectivity index (χ3n) is 4.37. The first-order valence-electron chi connectivity index (χ1n) is 8.46. The van der Waals surface area contributed by atoms with E-state index in [2.05, 4.69) is 16.3 Å². The highest BCUT2D eigenvalue weighted by Gasteiger charge is 2.13. The normalized spacial score (nSPS) is 15.2. The Bertz CT molecular complexity index is 589. The molecule has 6 heteroatoms. The zero-order valence-electron chi connectivity index (χ0n) is 14.5. The molecule has 24 heavy (non-hydrogen) atoms. The molecular formula is C18H26N4O2. The Morgan fingerprint density at radius 1 is 1.33 bits per heavy atom. The maximum Gasteiger partial charge on any atom is 0.321 e. The number of hydrogen-bond acceptors (Lipinski definition) is 4. The van der Waals surface area contributed by atoms with Gasteiger partial charge in [0.05, 0.1) is 12.7 Å². The molecule has 0 spiro atoms. The number of likely N-dealkylation sites (tertiary alicyclic amines) is 1. The van der Waals surface area contributed by atoms with Crippen LogP contribution in [-0.4, -0.2) is 56.2 Å². The van der Waals surface area contributed by atoms with E-state index in [9.17, 15) is 4.79 Å². The number of benzene rings is 1. The lowest BCUT2D eigenvalue weighted by Crippen LogP contribution is -2.38. The van der Waals surface area contributed by atoms with Gasteiger partial charge in [-0.15, -0.1) is 0 Å². The van der Waals surface area contributed by atoms with E-state index < -0.39 is 0 Å². The number of nitriles is 1. The van der Waals surface area contributed by atoms with Crippen LogP contribution in [0.5, 0.6) is 5.75 Å². The quantitative estimate of drug-likeness (QED) is 0.901. The summed E-state index contributed by atoms with van der Waals surface area (Å²) in [5.41, 5.74) is 1.00. The number of carbonyl (C=O) groups excluding carboxylic acids is 1. The van der Waals surface area contributed by atoms with Gasteiger partial charge in [-0.2, -0.15) is 5.26 Å². The lowest BCUT2D eigenvalue weighted by atomic mass is 10.2. The number of anilines is 1. The van der Waals surface area contributed by atoms with Crippen molar-refractivity contribution in [2.75, 3.05) is 45.7 Å². The molecule has 1 fully saturated rings. The largest absolute Gasteiger partial charge is 0.495 e. The summed E-state index contributed by atoms with van der Waals surface area (Å²) < 4.78 is 5.11. The Hall–Kier alpha value is -2.26. The van der Waals surface area contributed by atoms with E-state index in [0.717, 1.165) is 19.6 Å². The van der Waals surface area contributed by atoms with Crippen molar-refractivity contribution in [3.05, 3.63) is 23.8 Å². The number of hydrogen-bond donors (Lipinski definition) is 1. The van der Waals surface area contributed by atoms with Crippen LogP contribution in [0.3, 0.4) is 0 Å². The van der Waals surface area contributed by atoms with Crippen LogP contribution in [0.4, 0.5) is 10.5 Å². The minimum atomic E-state index is -0.168. The minimum absolute atomic E-state index is 0.168. The third kappa shape index (κ3) is 5.14. The maximum absolute atomic E-state index is 12.3. The first kappa shape index (κ1) is 18.1. The molecule has 0 atom stereocenters. The first-order valence-corrected chi connectivity index (χ1v) is 8.46. The van der Waals surface area contributed by atoms with E-state index >= 15 is 0 Å². The first-order chi connectivity index (χ1) is 11.6. The molecule has 0 bridgehead atoms. The summed E-state index contributed by atoms with van der Waals surface area (Å²) >= 11 is 0. The summed E-state index contributed by atoms with van der Waals surface area (Å²) in [6, 6.07) is 6.95. The lowest BCUT2D eigenvalue weighted by molar-refractivity contribution is 0.207. The number of nitrogens with one attached hydrogen (secondary N) is 1. The molecule has 6 nitrogen and oxygen atoms in total. The number of methoxy groups -OCH3 is 1. The SMILES string of the molecule is COc1ccc(NC(=O)N(C)CCN2CCCCCC2)cc1C#N. The summed E-state index contributed by atoms with van der Waals surface area (Å²) in [6.07, 6.45) is 5.12. The van der Waals surface area contributed by atoms with E-state index in [1.54, 1.807) is 30.1 Å². The fraction of sp³-hybridized carbons (Fsp3) is 0.556. The average molecular weight is 330 g/mol. The molecule has 0 radical (unpaired) electrons. The van der Waals surface area contributed by atoms with Crippen LogP contribution < -0.4 is 10.1 Å².